The molecule has 108 valence electrons. The second kappa shape index (κ2) is 5.86. The lowest BCUT2D eigenvalue weighted by molar-refractivity contribution is -0.126. The molecular weight excluding hydrogens is 250 g/mol. The Bertz CT molecular complexity index is 492. The van der Waals surface area contributed by atoms with E-state index in [1.807, 2.05) is 6.07 Å². The maximum atomic E-state index is 12.4. The Morgan fingerprint density at radius 3 is 2.80 bits per heavy atom. The third-order valence-electron chi connectivity index (χ3n) is 4.50. The Kier molecular flexibility index (Phi) is 3.95. The van der Waals surface area contributed by atoms with Gasteiger partial charge in [-0.2, -0.15) is 0 Å². The Morgan fingerprint density at radius 2 is 2.00 bits per heavy atom. The molecule has 1 fully saturated rings. The van der Waals surface area contributed by atoms with Crippen LogP contribution in [-0.4, -0.2) is 12.5 Å². The average molecular weight is 273 g/mol. The number of nitrogens with one attached hydrogen (secondary N) is 1. The molecule has 1 aliphatic heterocycles. The van der Waals surface area contributed by atoms with Crippen LogP contribution in [-0.2, 0) is 4.79 Å². The zero-order chi connectivity index (χ0) is 13.9. The normalized spacial score (nSPS) is 22.8. The lowest BCUT2D eigenvalue weighted by Crippen LogP contribution is -2.37. The lowest BCUT2D eigenvalue weighted by Gasteiger charge is -2.29. The molecule has 0 radical (unpaired) electrons. The van der Waals surface area contributed by atoms with Crippen LogP contribution in [0, 0.1) is 12.8 Å². The number of carbonyl (C=O) groups is 1. The third kappa shape index (κ3) is 2.82. The Hall–Kier alpha value is -1.51. The maximum absolute atomic E-state index is 12.4. The molecule has 3 heteroatoms. The van der Waals surface area contributed by atoms with Crippen molar-refractivity contribution in [2.24, 2.45) is 5.92 Å². The van der Waals surface area contributed by atoms with Crippen LogP contribution in [0.3, 0.4) is 0 Å². The summed E-state index contributed by atoms with van der Waals surface area (Å²) in [6.45, 7) is 2.76. The number of fused-ring (bicyclic) bond motifs is 1. The number of carbonyl (C=O) groups excluding carboxylic acids is 1. The van der Waals surface area contributed by atoms with Crippen LogP contribution in [0.25, 0.3) is 0 Å². The molecule has 0 aromatic heterocycles. The summed E-state index contributed by atoms with van der Waals surface area (Å²) in [7, 11) is 0. The standard InChI is InChI=1S/C17H23NO2/c1-12-7-8-16-14(11-12)15(9-10-20-16)18-17(19)13-5-3-2-4-6-13/h7-8,11,13,15H,2-6,9-10H2,1H3,(H,18,19). The number of hydrogen-bond donors (Lipinski definition) is 1. The van der Waals surface area contributed by atoms with Crippen LogP contribution >= 0.6 is 0 Å². The van der Waals surface area contributed by atoms with Crippen molar-refractivity contribution in [3.8, 4) is 5.75 Å². The van der Waals surface area contributed by atoms with E-state index in [1.165, 1.54) is 24.8 Å². The van der Waals surface area contributed by atoms with Crippen LogP contribution in [0.1, 0.15) is 55.7 Å². The molecule has 0 bridgehead atoms. The van der Waals surface area contributed by atoms with E-state index in [-0.39, 0.29) is 17.9 Å². The molecule has 1 unspecified atom stereocenters. The first kappa shape index (κ1) is 13.5. The summed E-state index contributed by atoms with van der Waals surface area (Å²) in [4.78, 5) is 12.4. The van der Waals surface area contributed by atoms with Gasteiger partial charge in [-0.05, 0) is 25.8 Å². The van der Waals surface area contributed by atoms with Gasteiger partial charge < -0.3 is 10.1 Å². The second-order valence-electron chi connectivity index (χ2n) is 6.07. The van der Waals surface area contributed by atoms with Gasteiger partial charge in [-0.15, -0.1) is 0 Å². The molecule has 1 saturated carbocycles. The maximum Gasteiger partial charge on any atom is 0.223 e. The number of rotatable bonds is 2. The molecule has 20 heavy (non-hydrogen) atoms. The topological polar surface area (TPSA) is 38.3 Å². The van der Waals surface area contributed by atoms with Crippen LogP contribution < -0.4 is 10.1 Å². The van der Waals surface area contributed by atoms with E-state index in [4.69, 9.17) is 4.74 Å². The number of hydrogen-bond acceptors (Lipinski definition) is 2. The first-order valence-corrected chi connectivity index (χ1v) is 7.78. The molecule has 1 aromatic rings. The molecule has 1 heterocycles. The molecule has 1 amide bonds. The zero-order valence-corrected chi connectivity index (χ0v) is 12.2. The number of ether oxygens (including phenoxy) is 1. The summed E-state index contributed by atoms with van der Waals surface area (Å²) < 4.78 is 5.68. The van der Waals surface area contributed by atoms with Gasteiger partial charge >= 0.3 is 0 Å². The van der Waals surface area contributed by atoms with E-state index in [0.29, 0.717) is 6.61 Å². The van der Waals surface area contributed by atoms with Crippen molar-refractivity contribution in [1.29, 1.82) is 0 Å². The van der Waals surface area contributed by atoms with E-state index in [0.717, 1.165) is 30.6 Å². The minimum absolute atomic E-state index is 0.119. The highest BCUT2D eigenvalue weighted by molar-refractivity contribution is 5.79. The monoisotopic (exact) mass is 273 g/mol. The molecular formula is C17H23NO2. The van der Waals surface area contributed by atoms with Crippen molar-refractivity contribution < 1.29 is 9.53 Å². The van der Waals surface area contributed by atoms with Crippen molar-refractivity contribution >= 4 is 5.91 Å². The van der Waals surface area contributed by atoms with Crippen molar-refractivity contribution in [2.75, 3.05) is 6.61 Å². The van der Waals surface area contributed by atoms with Crippen LogP contribution in [0.5, 0.6) is 5.75 Å². The minimum atomic E-state index is 0.119. The summed E-state index contributed by atoms with van der Waals surface area (Å²) in [5.41, 5.74) is 2.35. The van der Waals surface area contributed by atoms with Crippen molar-refractivity contribution in [3.05, 3.63) is 29.3 Å². The fourth-order valence-electron chi connectivity index (χ4n) is 3.32. The molecule has 2 aliphatic rings. The predicted molar refractivity (Wildman–Crippen MR) is 78.7 cm³/mol. The summed E-state index contributed by atoms with van der Waals surface area (Å²) in [5, 5.41) is 3.25. The van der Waals surface area contributed by atoms with Gasteiger partial charge in [-0.1, -0.05) is 37.0 Å². The second-order valence-corrected chi connectivity index (χ2v) is 6.07. The summed E-state index contributed by atoms with van der Waals surface area (Å²) >= 11 is 0. The van der Waals surface area contributed by atoms with Crippen LogP contribution in [0.2, 0.25) is 0 Å². The quantitative estimate of drug-likeness (QED) is 0.895. The Morgan fingerprint density at radius 1 is 1.20 bits per heavy atom. The first-order valence-electron chi connectivity index (χ1n) is 7.78. The SMILES string of the molecule is Cc1ccc2c(c1)C(NC(=O)C1CCCCC1)CCO2. The van der Waals surface area contributed by atoms with Gasteiger partial charge in [0.15, 0.2) is 0 Å². The zero-order valence-electron chi connectivity index (χ0n) is 12.2. The highest BCUT2D eigenvalue weighted by Gasteiger charge is 2.27. The highest BCUT2D eigenvalue weighted by Crippen LogP contribution is 2.33. The average Bonchev–Trinajstić information content (AvgIpc) is 2.49. The molecule has 3 rings (SSSR count). The van der Waals surface area contributed by atoms with Gasteiger partial charge in [-0.3, -0.25) is 4.79 Å². The number of benzene rings is 1. The van der Waals surface area contributed by atoms with Crippen LogP contribution in [0.15, 0.2) is 18.2 Å². The molecule has 0 saturated heterocycles. The van der Waals surface area contributed by atoms with E-state index in [2.05, 4.69) is 24.4 Å². The van der Waals surface area contributed by atoms with E-state index >= 15 is 0 Å². The minimum Gasteiger partial charge on any atom is -0.493 e. The van der Waals surface area contributed by atoms with Gasteiger partial charge in [-0.25, -0.2) is 0 Å². The summed E-state index contributed by atoms with van der Waals surface area (Å²) in [6, 6.07) is 6.33. The molecule has 1 atom stereocenters. The van der Waals surface area contributed by atoms with Gasteiger partial charge in [0.2, 0.25) is 5.91 Å². The smallest absolute Gasteiger partial charge is 0.223 e. The van der Waals surface area contributed by atoms with Crippen molar-refractivity contribution in [3.63, 3.8) is 0 Å². The summed E-state index contributed by atoms with van der Waals surface area (Å²) in [6.07, 6.45) is 6.65. The van der Waals surface area contributed by atoms with Crippen molar-refractivity contribution in [2.45, 2.75) is 51.5 Å². The number of amides is 1. The fraction of sp³-hybridized carbons (Fsp3) is 0.588. The lowest BCUT2D eigenvalue weighted by atomic mass is 9.88. The van der Waals surface area contributed by atoms with E-state index in [9.17, 15) is 4.79 Å². The van der Waals surface area contributed by atoms with Crippen LogP contribution in [0.4, 0.5) is 0 Å². The molecule has 3 nitrogen and oxygen atoms in total. The van der Waals surface area contributed by atoms with Gasteiger partial charge in [0, 0.05) is 17.9 Å². The molecule has 1 N–H and O–H groups in total. The van der Waals surface area contributed by atoms with E-state index < -0.39 is 0 Å². The van der Waals surface area contributed by atoms with Crippen molar-refractivity contribution in [1.82, 2.24) is 5.32 Å². The fourth-order valence-corrected chi connectivity index (χ4v) is 3.32. The van der Waals surface area contributed by atoms with E-state index in [1.54, 1.807) is 0 Å². The summed E-state index contributed by atoms with van der Waals surface area (Å²) in [5.74, 6) is 1.39. The third-order valence-corrected chi connectivity index (χ3v) is 4.50. The van der Waals surface area contributed by atoms with Gasteiger partial charge in [0.05, 0.1) is 12.6 Å². The predicted octanol–water partition coefficient (Wildman–Crippen LogP) is 3.52. The molecule has 1 aliphatic carbocycles. The Labute approximate surface area is 120 Å². The van der Waals surface area contributed by atoms with Gasteiger partial charge in [0.1, 0.15) is 5.75 Å². The highest BCUT2D eigenvalue weighted by atomic mass is 16.5. The number of aryl methyl sites for hydroxylation is 1. The molecule has 1 aromatic carbocycles. The molecule has 0 spiro atoms. The Balaban J connectivity index is 1.72. The largest absolute Gasteiger partial charge is 0.493 e. The first-order chi connectivity index (χ1) is 9.74. The van der Waals surface area contributed by atoms with Gasteiger partial charge in [0.25, 0.3) is 0 Å².